The van der Waals surface area contributed by atoms with E-state index in [1.54, 1.807) is 4.90 Å². The zero-order valence-electron chi connectivity index (χ0n) is 12.3. The molecule has 0 N–H and O–H groups in total. The van der Waals surface area contributed by atoms with Crippen LogP contribution in [0, 0.1) is 5.92 Å². The van der Waals surface area contributed by atoms with E-state index in [4.69, 9.17) is 4.74 Å². The van der Waals surface area contributed by atoms with Gasteiger partial charge >= 0.3 is 0 Å². The van der Waals surface area contributed by atoms with Crippen LogP contribution in [0.3, 0.4) is 0 Å². The molecule has 3 heteroatoms. The van der Waals surface area contributed by atoms with Gasteiger partial charge in [-0.3, -0.25) is 9.69 Å². The number of anilines is 2. The van der Waals surface area contributed by atoms with Crippen LogP contribution in [0.1, 0.15) is 13.8 Å². The molecule has 1 heterocycles. The molecule has 1 amide bonds. The third-order valence-corrected chi connectivity index (χ3v) is 3.68. The number of carbonyl (C=O) groups is 1. The summed E-state index contributed by atoms with van der Waals surface area (Å²) in [5.41, 5.74) is 1.73. The molecule has 0 saturated carbocycles. The summed E-state index contributed by atoms with van der Waals surface area (Å²) in [5.74, 6) is 0.360. The Labute approximate surface area is 125 Å². The second kappa shape index (κ2) is 5.70. The maximum Gasteiger partial charge on any atom is 0.263 e. The van der Waals surface area contributed by atoms with Gasteiger partial charge in [0.1, 0.15) is 0 Å². The number of para-hydroxylation sites is 2. The average molecular weight is 281 g/mol. The van der Waals surface area contributed by atoms with Crippen LogP contribution in [-0.4, -0.2) is 18.1 Å². The van der Waals surface area contributed by atoms with E-state index in [-0.39, 0.29) is 18.1 Å². The van der Waals surface area contributed by atoms with Crippen molar-refractivity contribution in [3.05, 3.63) is 60.7 Å². The van der Waals surface area contributed by atoms with Crippen LogP contribution in [0.2, 0.25) is 0 Å². The van der Waals surface area contributed by atoms with Crippen molar-refractivity contribution in [3.63, 3.8) is 0 Å². The fourth-order valence-electron chi connectivity index (χ4n) is 2.51. The Morgan fingerprint density at radius 3 is 1.81 bits per heavy atom. The molecule has 0 unspecified atom stereocenters. The summed E-state index contributed by atoms with van der Waals surface area (Å²) < 4.78 is 5.57. The van der Waals surface area contributed by atoms with Gasteiger partial charge in [0.15, 0.2) is 6.10 Å². The number of rotatable bonds is 4. The van der Waals surface area contributed by atoms with E-state index in [0.29, 0.717) is 5.92 Å². The summed E-state index contributed by atoms with van der Waals surface area (Å²) in [4.78, 5) is 14.6. The summed E-state index contributed by atoms with van der Waals surface area (Å²) in [5, 5.41) is 0. The highest BCUT2D eigenvalue weighted by Gasteiger charge is 2.49. The van der Waals surface area contributed by atoms with Gasteiger partial charge in [-0.2, -0.15) is 0 Å². The van der Waals surface area contributed by atoms with Crippen LogP contribution in [0.5, 0.6) is 0 Å². The summed E-state index contributed by atoms with van der Waals surface area (Å²) in [6, 6.07) is 19.4. The average Bonchev–Trinajstić information content (AvgIpc) is 3.30. The lowest BCUT2D eigenvalue weighted by Gasteiger charge is -2.22. The van der Waals surface area contributed by atoms with E-state index in [2.05, 4.69) is 13.8 Å². The molecule has 1 fully saturated rings. The van der Waals surface area contributed by atoms with E-state index in [0.717, 1.165) is 11.4 Å². The molecule has 1 aliphatic rings. The first-order valence-corrected chi connectivity index (χ1v) is 7.28. The first-order valence-electron chi connectivity index (χ1n) is 7.28. The monoisotopic (exact) mass is 281 g/mol. The number of hydrogen-bond acceptors (Lipinski definition) is 2. The lowest BCUT2D eigenvalue weighted by Crippen LogP contribution is -2.31. The number of hydrogen-bond donors (Lipinski definition) is 0. The fourth-order valence-corrected chi connectivity index (χ4v) is 2.51. The third kappa shape index (κ3) is 2.83. The molecule has 108 valence electrons. The number of carbonyl (C=O) groups excluding carboxylic acids is 1. The molecule has 0 aliphatic carbocycles. The minimum atomic E-state index is -0.328. The van der Waals surface area contributed by atoms with Gasteiger partial charge in [-0.15, -0.1) is 0 Å². The highest BCUT2D eigenvalue weighted by atomic mass is 16.6. The number of amides is 1. The van der Waals surface area contributed by atoms with Crippen molar-refractivity contribution < 1.29 is 9.53 Å². The first-order chi connectivity index (χ1) is 10.2. The molecule has 0 radical (unpaired) electrons. The van der Waals surface area contributed by atoms with Gasteiger partial charge in [0.05, 0.1) is 6.10 Å². The van der Waals surface area contributed by atoms with Gasteiger partial charge < -0.3 is 4.74 Å². The van der Waals surface area contributed by atoms with Crippen molar-refractivity contribution in [1.29, 1.82) is 0 Å². The fraction of sp³-hybridized carbons (Fsp3) is 0.278. The summed E-state index contributed by atoms with van der Waals surface area (Å²) >= 11 is 0. The quantitative estimate of drug-likeness (QED) is 0.799. The zero-order chi connectivity index (χ0) is 14.8. The van der Waals surface area contributed by atoms with Crippen LogP contribution >= 0.6 is 0 Å². The van der Waals surface area contributed by atoms with E-state index < -0.39 is 0 Å². The summed E-state index contributed by atoms with van der Waals surface area (Å²) in [6.45, 7) is 4.15. The Morgan fingerprint density at radius 1 is 0.952 bits per heavy atom. The van der Waals surface area contributed by atoms with Crippen molar-refractivity contribution in [2.45, 2.75) is 26.1 Å². The van der Waals surface area contributed by atoms with Crippen molar-refractivity contribution in [2.24, 2.45) is 5.92 Å². The Kier molecular flexibility index (Phi) is 3.76. The number of benzene rings is 2. The molecule has 0 bridgehead atoms. The van der Waals surface area contributed by atoms with Crippen LogP contribution in [0.4, 0.5) is 11.4 Å². The molecular weight excluding hydrogens is 262 g/mol. The van der Waals surface area contributed by atoms with E-state index in [1.165, 1.54) is 0 Å². The van der Waals surface area contributed by atoms with E-state index in [9.17, 15) is 4.79 Å². The van der Waals surface area contributed by atoms with Gasteiger partial charge in [0, 0.05) is 11.4 Å². The third-order valence-electron chi connectivity index (χ3n) is 3.68. The topological polar surface area (TPSA) is 32.8 Å². The van der Waals surface area contributed by atoms with Crippen molar-refractivity contribution in [3.8, 4) is 0 Å². The lowest BCUT2D eigenvalue weighted by atomic mass is 10.1. The standard InChI is InChI=1S/C18H19NO2/c1-13(2)16-17(21-16)18(20)19(14-9-5-3-6-10-14)15-11-7-4-8-12-15/h3-13,16-17H,1-2H3/t16-,17+/m0/s1. The smallest absolute Gasteiger partial charge is 0.263 e. The number of epoxide rings is 1. The molecule has 3 rings (SSSR count). The van der Waals surface area contributed by atoms with Gasteiger partial charge in [-0.1, -0.05) is 50.2 Å². The molecule has 0 aromatic heterocycles. The Balaban J connectivity index is 1.93. The molecule has 1 saturated heterocycles. The minimum absolute atomic E-state index is 0.00565. The second-order valence-electron chi connectivity index (χ2n) is 5.61. The molecule has 3 nitrogen and oxygen atoms in total. The van der Waals surface area contributed by atoms with Crippen LogP contribution in [-0.2, 0) is 9.53 Å². The number of nitrogens with zero attached hydrogens (tertiary/aromatic N) is 1. The van der Waals surface area contributed by atoms with E-state index in [1.807, 2.05) is 60.7 Å². The predicted octanol–water partition coefficient (Wildman–Crippen LogP) is 3.77. The van der Waals surface area contributed by atoms with Crippen LogP contribution in [0.15, 0.2) is 60.7 Å². The zero-order valence-corrected chi connectivity index (χ0v) is 12.3. The van der Waals surface area contributed by atoms with Gasteiger partial charge in [-0.25, -0.2) is 0 Å². The van der Waals surface area contributed by atoms with Crippen LogP contribution < -0.4 is 4.90 Å². The molecule has 2 aromatic rings. The van der Waals surface area contributed by atoms with Gasteiger partial charge in [-0.05, 0) is 30.2 Å². The molecule has 2 atom stereocenters. The van der Waals surface area contributed by atoms with E-state index >= 15 is 0 Å². The highest BCUT2D eigenvalue weighted by Crippen LogP contribution is 2.35. The lowest BCUT2D eigenvalue weighted by molar-refractivity contribution is -0.119. The summed E-state index contributed by atoms with van der Waals surface area (Å²) in [7, 11) is 0. The van der Waals surface area contributed by atoms with Gasteiger partial charge in [0.2, 0.25) is 0 Å². The molecule has 21 heavy (non-hydrogen) atoms. The predicted molar refractivity (Wildman–Crippen MR) is 83.5 cm³/mol. The highest BCUT2D eigenvalue weighted by molar-refractivity contribution is 6.04. The van der Waals surface area contributed by atoms with Gasteiger partial charge in [0.25, 0.3) is 5.91 Å². The Hall–Kier alpha value is -2.13. The molecule has 2 aromatic carbocycles. The largest absolute Gasteiger partial charge is 0.359 e. The molecular formula is C18H19NO2. The minimum Gasteiger partial charge on any atom is -0.359 e. The van der Waals surface area contributed by atoms with Crippen molar-refractivity contribution in [1.82, 2.24) is 0 Å². The molecule has 0 spiro atoms. The second-order valence-corrected chi connectivity index (χ2v) is 5.61. The number of ether oxygens (including phenoxy) is 1. The van der Waals surface area contributed by atoms with Crippen molar-refractivity contribution in [2.75, 3.05) is 4.90 Å². The van der Waals surface area contributed by atoms with Crippen molar-refractivity contribution >= 4 is 17.3 Å². The normalized spacial score (nSPS) is 20.3. The first kappa shape index (κ1) is 13.8. The summed E-state index contributed by atoms with van der Waals surface area (Å²) in [6.07, 6.45) is -0.294. The SMILES string of the molecule is CC(C)[C@@H]1O[C@H]1C(=O)N(c1ccccc1)c1ccccc1. The van der Waals surface area contributed by atoms with Crippen LogP contribution in [0.25, 0.3) is 0 Å². The molecule has 1 aliphatic heterocycles. The maximum atomic E-state index is 12.8. The Bertz CT molecular complexity index is 570. The maximum absolute atomic E-state index is 12.8. The Morgan fingerprint density at radius 2 is 1.43 bits per heavy atom.